The molecule has 1 saturated carbocycles. The second-order valence-electron chi connectivity index (χ2n) is 5.44. The zero-order valence-corrected chi connectivity index (χ0v) is 11.0. The van der Waals surface area contributed by atoms with Gasteiger partial charge in [-0.05, 0) is 18.9 Å². The van der Waals surface area contributed by atoms with Crippen LogP contribution in [0, 0.1) is 5.92 Å². The van der Waals surface area contributed by atoms with Gasteiger partial charge in [0.25, 0.3) is 0 Å². The Kier molecular flexibility index (Phi) is 3.42. The highest BCUT2D eigenvalue weighted by molar-refractivity contribution is 5.80. The highest BCUT2D eigenvalue weighted by Gasteiger charge is 2.32. The number of ether oxygens (including phenoxy) is 1. The van der Waals surface area contributed by atoms with Crippen LogP contribution in [-0.2, 0) is 4.79 Å². The Morgan fingerprint density at radius 3 is 2.89 bits per heavy atom. The van der Waals surface area contributed by atoms with E-state index in [1.54, 1.807) is 0 Å². The third-order valence-electron chi connectivity index (χ3n) is 4.18. The van der Waals surface area contributed by atoms with Crippen molar-refractivity contribution >= 4 is 5.91 Å². The van der Waals surface area contributed by atoms with Gasteiger partial charge in [0.05, 0.1) is 18.6 Å². The van der Waals surface area contributed by atoms with E-state index in [0.717, 1.165) is 37.0 Å². The summed E-state index contributed by atoms with van der Waals surface area (Å²) in [5, 5.41) is 3.15. The monoisotopic (exact) mass is 260 g/mol. The highest BCUT2D eigenvalue weighted by atomic mass is 16.5. The molecule has 0 aromatic heterocycles. The zero-order chi connectivity index (χ0) is 13.2. The number of hydrogen-bond donors (Lipinski definition) is 2. The molecule has 19 heavy (non-hydrogen) atoms. The molecular weight excluding hydrogens is 240 g/mol. The van der Waals surface area contributed by atoms with E-state index >= 15 is 0 Å². The quantitative estimate of drug-likeness (QED) is 0.851. The number of amides is 1. The van der Waals surface area contributed by atoms with E-state index in [-0.39, 0.29) is 23.9 Å². The second kappa shape index (κ2) is 5.21. The van der Waals surface area contributed by atoms with Crippen molar-refractivity contribution in [3.63, 3.8) is 0 Å². The molecule has 0 spiro atoms. The summed E-state index contributed by atoms with van der Waals surface area (Å²) in [4.78, 5) is 12.3. The van der Waals surface area contributed by atoms with Gasteiger partial charge in [0.2, 0.25) is 5.91 Å². The lowest BCUT2D eigenvalue weighted by Gasteiger charge is -2.28. The Labute approximate surface area is 113 Å². The molecule has 0 bridgehead atoms. The molecule has 1 aromatic rings. The maximum Gasteiger partial charge on any atom is 0.225 e. The fraction of sp³-hybridized carbons (Fsp3) is 0.533. The van der Waals surface area contributed by atoms with Gasteiger partial charge in [-0.25, -0.2) is 0 Å². The lowest BCUT2D eigenvalue weighted by atomic mass is 9.98. The summed E-state index contributed by atoms with van der Waals surface area (Å²) >= 11 is 0. The summed E-state index contributed by atoms with van der Waals surface area (Å²) in [6, 6.07) is 7.99. The summed E-state index contributed by atoms with van der Waals surface area (Å²) in [6.45, 7) is 0.651. The fourth-order valence-electron chi connectivity index (χ4n) is 3.09. The topological polar surface area (TPSA) is 64.4 Å². The van der Waals surface area contributed by atoms with Crippen LogP contribution in [0.25, 0.3) is 0 Å². The number of hydrogen-bond acceptors (Lipinski definition) is 3. The van der Waals surface area contributed by atoms with Crippen LogP contribution in [0.2, 0.25) is 0 Å². The number of carbonyl (C=O) groups excluding carboxylic acids is 1. The molecule has 1 fully saturated rings. The Hall–Kier alpha value is -1.55. The molecule has 102 valence electrons. The molecule has 3 unspecified atom stereocenters. The highest BCUT2D eigenvalue weighted by Crippen LogP contribution is 2.32. The van der Waals surface area contributed by atoms with Crippen molar-refractivity contribution in [3.8, 4) is 5.75 Å². The Bertz CT molecular complexity index is 475. The number of nitrogens with two attached hydrogens (primary N) is 1. The lowest BCUT2D eigenvalue weighted by Crippen LogP contribution is -2.41. The molecular formula is C15H20N2O2. The Morgan fingerprint density at radius 1 is 1.26 bits per heavy atom. The molecule has 0 radical (unpaired) electrons. The first-order valence-electron chi connectivity index (χ1n) is 7.03. The minimum atomic E-state index is -0.0185. The third-order valence-corrected chi connectivity index (χ3v) is 4.18. The summed E-state index contributed by atoms with van der Waals surface area (Å²) in [5.74, 6) is 0.969. The minimum absolute atomic E-state index is 0.0185. The predicted octanol–water partition coefficient (Wildman–Crippen LogP) is 1.75. The van der Waals surface area contributed by atoms with Gasteiger partial charge in [-0.3, -0.25) is 4.79 Å². The van der Waals surface area contributed by atoms with Crippen LogP contribution in [0.3, 0.4) is 0 Å². The van der Waals surface area contributed by atoms with Crippen LogP contribution in [-0.4, -0.2) is 18.6 Å². The number of benzene rings is 1. The summed E-state index contributed by atoms with van der Waals surface area (Å²) < 4.78 is 5.61. The first kappa shape index (κ1) is 12.5. The third kappa shape index (κ3) is 2.45. The number of para-hydroxylation sites is 1. The van der Waals surface area contributed by atoms with Gasteiger partial charge in [0, 0.05) is 18.0 Å². The molecule has 3 N–H and O–H groups in total. The van der Waals surface area contributed by atoms with Crippen LogP contribution >= 0.6 is 0 Å². The Balaban J connectivity index is 1.72. The summed E-state index contributed by atoms with van der Waals surface area (Å²) in [6.07, 6.45) is 3.76. The van der Waals surface area contributed by atoms with Gasteiger partial charge in [0.15, 0.2) is 0 Å². The molecule has 1 aromatic carbocycles. The predicted molar refractivity (Wildman–Crippen MR) is 72.8 cm³/mol. The molecule has 1 amide bonds. The largest absolute Gasteiger partial charge is 0.493 e. The number of carbonyl (C=O) groups is 1. The maximum atomic E-state index is 12.3. The average molecular weight is 260 g/mol. The molecule has 1 aliphatic heterocycles. The molecule has 1 heterocycles. The van der Waals surface area contributed by atoms with Crippen LogP contribution in [0.4, 0.5) is 0 Å². The van der Waals surface area contributed by atoms with E-state index in [4.69, 9.17) is 10.5 Å². The van der Waals surface area contributed by atoms with E-state index in [9.17, 15) is 4.79 Å². The fourth-order valence-corrected chi connectivity index (χ4v) is 3.09. The van der Waals surface area contributed by atoms with Gasteiger partial charge in [-0.1, -0.05) is 24.6 Å². The van der Waals surface area contributed by atoms with E-state index in [0.29, 0.717) is 6.61 Å². The maximum absolute atomic E-state index is 12.3. The van der Waals surface area contributed by atoms with Crippen molar-refractivity contribution in [2.75, 3.05) is 6.61 Å². The number of nitrogens with one attached hydrogen (secondary N) is 1. The number of rotatable bonds is 2. The van der Waals surface area contributed by atoms with Crippen LogP contribution in [0.5, 0.6) is 5.75 Å². The van der Waals surface area contributed by atoms with Crippen LogP contribution in [0.15, 0.2) is 24.3 Å². The van der Waals surface area contributed by atoms with Crippen molar-refractivity contribution in [2.24, 2.45) is 11.7 Å². The number of fused-ring (bicyclic) bond motifs is 1. The SMILES string of the molecule is NC1CCCC1C(=O)NC1CCOc2ccccc21. The van der Waals surface area contributed by atoms with Gasteiger partial charge < -0.3 is 15.8 Å². The molecule has 3 rings (SSSR count). The summed E-state index contributed by atoms with van der Waals surface area (Å²) in [5.41, 5.74) is 7.07. The molecule has 4 nitrogen and oxygen atoms in total. The van der Waals surface area contributed by atoms with Gasteiger partial charge >= 0.3 is 0 Å². The van der Waals surface area contributed by atoms with Crippen molar-refractivity contribution < 1.29 is 9.53 Å². The van der Waals surface area contributed by atoms with E-state index in [2.05, 4.69) is 5.32 Å². The molecule has 2 aliphatic rings. The van der Waals surface area contributed by atoms with Gasteiger partial charge in [-0.2, -0.15) is 0 Å². The van der Waals surface area contributed by atoms with Crippen LogP contribution in [0.1, 0.15) is 37.3 Å². The van der Waals surface area contributed by atoms with E-state index < -0.39 is 0 Å². The van der Waals surface area contributed by atoms with Crippen molar-refractivity contribution in [1.82, 2.24) is 5.32 Å². The van der Waals surface area contributed by atoms with Crippen molar-refractivity contribution in [1.29, 1.82) is 0 Å². The average Bonchev–Trinajstić information content (AvgIpc) is 2.85. The lowest BCUT2D eigenvalue weighted by molar-refractivity contribution is -0.126. The van der Waals surface area contributed by atoms with Crippen molar-refractivity contribution in [2.45, 2.75) is 37.8 Å². The van der Waals surface area contributed by atoms with Gasteiger partial charge in [-0.15, -0.1) is 0 Å². The second-order valence-corrected chi connectivity index (χ2v) is 5.44. The molecule has 0 saturated heterocycles. The van der Waals surface area contributed by atoms with Crippen LogP contribution < -0.4 is 15.8 Å². The smallest absolute Gasteiger partial charge is 0.225 e. The summed E-state index contributed by atoms with van der Waals surface area (Å²) in [7, 11) is 0. The molecule has 3 atom stereocenters. The molecule has 4 heteroatoms. The first-order valence-corrected chi connectivity index (χ1v) is 7.03. The Morgan fingerprint density at radius 2 is 2.11 bits per heavy atom. The standard InChI is InChI=1S/C15H20N2O2/c16-12-6-3-5-10(12)15(18)17-13-8-9-19-14-7-2-1-4-11(13)14/h1-2,4,7,10,12-13H,3,5-6,8-9,16H2,(H,17,18). The van der Waals surface area contributed by atoms with Gasteiger partial charge in [0.1, 0.15) is 5.75 Å². The normalized spacial score (nSPS) is 29.4. The minimum Gasteiger partial charge on any atom is -0.493 e. The van der Waals surface area contributed by atoms with E-state index in [1.807, 2.05) is 24.3 Å². The van der Waals surface area contributed by atoms with Crippen molar-refractivity contribution in [3.05, 3.63) is 29.8 Å². The first-order chi connectivity index (χ1) is 9.25. The van der Waals surface area contributed by atoms with E-state index in [1.165, 1.54) is 0 Å². The zero-order valence-electron chi connectivity index (χ0n) is 11.0. The molecule has 1 aliphatic carbocycles.